The molecule has 1 aromatic heterocycles. The number of amides is 3. The van der Waals surface area contributed by atoms with Gasteiger partial charge in [-0.2, -0.15) is 0 Å². The fraction of sp³-hybridized carbons (Fsp3) is 0.333. The third-order valence-electron chi connectivity index (χ3n) is 7.06. The van der Waals surface area contributed by atoms with Crippen LogP contribution in [0.3, 0.4) is 0 Å². The predicted octanol–water partition coefficient (Wildman–Crippen LogP) is 2.55. The van der Waals surface area contributed by atoms with Crippen LogP contribution in [0.25, 0.3) is 10.9 Å². The number of Topliss-reactive ketones (excluding diaryl/α,β-unsaturated/α-hetero) is 1. The highest BCUT2D eigenvalue weighted by Gasteiger charge is 2.55. The van der Waals surface area contributed by atoms with Crippen molar-refractivity contribution in [3.05, 3.63) is 71.9 Å². The lowest BCUT2D eigenvalue weighted by Gasteiger charge is -2.24. The van der Waals surface area contributed by atoms with Gasteiger partial charge in [0.05, 0.1) is 6.04 Å². The molecule has 180 valence electrons. The highest BCUT2D eigenvalue weighted by atomic mass is 16.2. The van der Waals surface area contributed by atoms with Crippen LogP contribution in [0.4, 0.5) is 0 Å². The van der Waals surface area contributed by atoms with Gasteiger partial charge in [0, 0.05) is 24.0 Å². The minimum absolute atomic E-state index is 0.0238. The van der Waals surface area contributed by atoms with Gasteiger partial charge in [-0.15, -0.1) is 0 Å². The lowest BCUT2D eigenvalue weighted by Crippen LogP contribution is -2.52. The van der Waals surface area contributed by atoms with E-state index in [1.54, 1.807) is 11.0 Å². The first kappa shape index (κ1) is 22.8. The third-order valence-corrected chi connectivity index (χ3v) is 7.06. The SMILES string of the molecule is CC(NC(=O)[C@@H]1CC2(CC2)CN1C(=O)c1cc2ccccc2[nH]1)C(=O)C(=O)NCc1ccccc1. The molecule has 3 amide bonds. The number of nitrogens with zero attached hydrogens (tertiary/aromatic N) is 1. The van der Waals surface area contributed by atoms with Gasteiger partial charge in [0.25, 0.3) is 11.8 Å². The Bertz CT molecular complexity index is 1260. The van der Waals surface area contributed by atoms with E-state index in [9.17, 15) is 19.2 Å². The molecule has 35 heavy (non-hydrogen) atoms. The lowest BCUT2D eigenvalue weighted by molar-refractivity contribution is -0.140. The van der Waals surface area contributed by atoms with E-state index in [1.165, 1.54) is 6.92 Å². The Balaban J connectivity index is 1.24. The molecule has 0 radical (unpaired) electrons. The van der Waals surface area contributed by atoms with E-state index < -0.39 is 29.7 Å². The van der Waals surface area contributed by atoms with Crippen molar-refractivity contribution >= 4 is 34.4 Å². The summed E-state index contributed by atoms with van der Waals surface area (Å²) in [7, 11) is 0. The Labute approximate surface area is 203 Å². The number of rotatable bonds is 7. The fourth-order valence-corrected chi connectivity index (χ4v) is 4.82. The molecule has 1 aliphatic carbocycles. The largest absolute Gasteiger partial charge is 0.351 e. The van der Waals surface area contributed by atoms with Gasteiger partial charge >= 0.3 is 0 Å². The summed E-state index contributed by atoms with van der Waals surface area (Å²) in [5.41, 5.74) is 2.14. The number of aromatic nitrogens is 1. The maximum absolute atomic E-state index is 13.4. The van der Waals surface area contributed by atoms with Crippen molar-refractivity contribution in [1.82, 2.24) is 20.5 Å². The number of para-hydroxylation sites is 1. The van der Waals surface area contributed by atoms with Crippen molar-refractivity contribution < 1.29 is 19.2 Å². The van der Waals surface area contributed by atoms with Crippen LogP contribution in [-0.2, 0) is 20.9 Å². The molecule has 3 N–H and O–H groups in total. The van der Waals surface area contributed by atoms with Crippen LogP contribution < -0.4 is 10.6 Å². The van der Waals surface area contributed by atoms with Gasteiger partial charge in [-0.05, 0) is 49.3 Å². The summed E-state index contributed by atoms with van der Waals surface area (Å²) < 4.78 is 0. The van der Waals surface area contributed by atoms with Gasteiger partial charge < -0.3 is 20.5 Å². The Morgan fingerprint density at radius 2 is 1.77 bits per heavy atom. The molecule has 1 aliphatic heterocycles. The minimum atomic E-state index is -1.00. The molecule has 3 aromatic rings. The van der Waals surface area contributed by atoms with Gasteiger partial charge in [0.2, 0.25) is 11.7 Å². The molecule has 0 bridgehead atoms. The van der Waals surface area contributed by atoms with Crippen LogP contribution in [0.15, 0.2) is 60.7 Å². The van der Waals surface area contributed by atoms with Gasteiger partial charge in [0.15, 0.2) is 0 Å². The summed E-state index contributed by atoms with van der Waals surface area (Å²) in [5.74, 6) is -2.11. The molecular formula is C27H28N4O4. The predicted molar refractivity (Wildman–Crippen MR) is 130 cm³/mol. The second-order valence-electron chi connectivity index (χ2n) is 9.69. The van der Waals surface area contributed by atoms with Crippen molar-refractivity contribution in [3.63, 3.8) is 0 Å². The summed E-state index contributed by atoms with van der Waals surface area (Å²) in [6.07, 6.45) is 2.51. The third kappa shape index (κ3) is 4.69. The highest BCUT2D eigenvalue weighted by molar-refractivity contribution is 6.38. The van der Waals surface area contributed by atoms with E-state index in [0.29, 0.717) is 18.7 Å². The first-order chi connectivity index (χ1) is 16.8. The molecule has 2 fully saturated rings. The Morgan fingerprint density at radius 1 is 1.06 bits per heavy atom. The van der Waals surface area contributed by atoms with E-state index in [2.05, 4.69) is 15.6 Å². The lowest BCUT2D eigenvalue weighted by atomic mass is 10.0. The van der Waals surface area contributed by atoms with Gasteiger partial charge in [-0.25, -0.2) is 0 Å². The van der Waals surface area contributed by atoms with Crippen LogP contribution in [0.2, 0.25) is 0 Å². The number of benzene rings is 2. The number of hydrogen-bond acceptors (Lipinski definition) is 4. The van der Waals surface area contributed by atoms with Gasteiger partial charge in [0.1, 0.15) is 11.7 Å². The molecule has 2 aromatic carbocycles. The standard InChI is InChI=1S/C27H28N4O4/c1-17(23(32)25(34)28-15-18-7-3-2-4-8-18)29-24(33)22-14-27(11-12-27)16-31(22)26(35)21-13-19-9-5-6-10-20(19)30-21/h2-10,13,17,22,30H,11-12,14-16H2,1H3,(H,28,34)(H,29,33)/t17?,22-/m0/s1. The normalized spacial score (nSPS) is 18.9. The number of likely N-dealkylation sites (tertiary alicyclic amines) is 1. The summed E-state index contributed by atoms with van der Waals surface area (Å²) in [5, 5.41) is 6.20. The average Bonchev–Trinajstić information content (AvgIpc) is 3.31. The van der Waals surface area contributed by atoms with E-state index >= 15 is 0 Å². The van der Waals surface area contributed by atoms with E-state index in [1.807, 2.05) is 54.6 Å². The molecular weight excluding hydrogens is 444 g/mol. The Hall–Kier alpha value is -3.94. The number of carbonyl (C=O) groups is 4. The van der Waals surface area contributed by atoms with E-state index in [0.717, 1.165) is 29.3 Å². The van der Waals surface area contributed by atoms with Crippen molar-refractivity contribution in [2.24, 2.45) is 5.41 Å². The summed E-state index contributed by atoms with van der Waals surface area (Å²) >= 11 is 0. The number of aromatic amines is 1. The molecule has 1 spiro atoms. The van der Waals surface area contributed by atoms with Crippen LogP contribution in [0, 0.1) is 5.41 Å². The second-order valence-corrected chi connectivity index (χ2v) is 9.69. The van der Waals surface area contributed by atoms with Crippen molar-refractivity contribution in [2.45, 2.75) is 44.8 Å². The molecule has 2 heterocycles. The molecule has 1 saturated carbocycles. The summed E-state index contributed by atoms with van der Waals surface area (Å²) in [6.45, 7) is 2.23. The first-order valence-corrected chi connectivity index (χ1v) is 11.9. The quantitative estimate of drug-likeness (QED) is 0.459. The van der Waals surface area contributed by atoms with E-state index in [-0.39, 0.29) is 17.9 Å². The van der Waals surface area contributed by atoms with Crippen LogP contribution in [0.1, 0.15) is 42.2 Å². The maximum Gasteiger partial charge on any atom is 0.289 e. The zero-order valence-corrected chi connectivity index (χ0v) is 19.5. The number of hydrogen-bond donors (Lipinski definition) is 3. The topological polar surface area (TPSA) is 111 Å². The second kappa shape index (κ2) is 9.02. The van der Waals surface area contributed by atoms with Crippen LogP contribution in [0.5, 0.6) is 0 Å². The molecule has 2 aliphatic rings. The fourth-order valence-electron chi connectivity index (χ4n) is 4.82. The zero-order valence-electron chi connectivity index (χ0n) is 19.5. The Morgan fingerprint density at radius 3 is 2.49 bits per heavy atom. The molecule has 8 heteroatoms. The number of H-pyrrole nitrogens is 1. The molecule has 1 saturated heterocycles. The number of carbonyl (C=O) groups excluding carboxylic acids is 4. The first-order valence-electron chi connectivity index (χ1n) is 11.9. The van der Waals surface area contributed by atoms with Crippen molar-refractivity contribution in [1.29, 1.82) is 0 Å². The van der Waals surface area contributed by atoms with Crippen LogP contribution >= 0.6 is 0 Å². The molecule has 8 nitrogen and oxygen atoms in total. The molecule has 5 rings (SSSR count). The maximum atomic E-state index is 13.4. The number of ketones is 1. The average molecular weight is 473 g/mol. The van der Waals surface area contributed by atoms with Crippen molar-refractivity contribution in [3.8, 4) is 0 Å². The Kier molecular flexibility index (Phi) is 5.88. The van der Waals surface area contributed by atoms with Crippen molar-refractivity contribution in [2.75, 3.05) is 6.54 Å². The van der Waals surface area contributed by atoms with Crippen LogP contribution in [-0.4, -0.2) is 52.0 Å². The number of nitrogens with one attached hydrogen (secondary N) is 3. The van der Waals surface area contributed by atoms with Gasteiger partial charge in [-0.1, -0.05) is 48.5 Å². The summed E-state index contributed by atoms with van der Waals surface area (Å²) in [4.78, 5) is 56.3. The zero-order chi connectivity index (χ0) is 24.6. The molecule has 2 atom stereocenters. The summed E-state index contributed by atoms with van der Waals surface area (Å²) in [6, 6.07) is 17.0. The smallest absolute Gasteiger partial charge is 0.289 e. The van der Waals surface area contributed by atoms with E-state index in [4.69, 9.17) is 0 Å². The molecule has 1 unspecified atom stereocenters. The number of fused-ring (bicyclic) bond motifs is 1. The minimum Gasteiger partial charge on any atom is -0.351 e. The van der Waals surface area contributed by atoms with Gasteiger partial charge in [-0.3, -0.25) is 19.2 Å². The monoisotopic (exact) mass is 472 g/mol. The highest BCUT2D eigenvalue weighted by Crippen LogP contribution is 2.55.